The van der Waals surface area contributed by atoms with Crippen molar-refractivity contribution in [2.45, 2.75) is 39.4 Å². The third-order valence-corrected chi connectivity index (χ3v) is 2.07. The molecular weight excluding hydrogens is 154 g/mol. The van der Waals surface area contributed by atoms with Crippen molar-refractivity contribution in [3.8, 4) is 0 Å². The molecule has 3 heteroatoms. The Balaban J connectivity index is 2.34. The molecule has 12 heavy (non-hydrogen) atoms. The summed E-state index contributed by atoms with van der Waals surface area (Å²) in [5.41, 5.74) is 0. The number of hydrogen-bond acceptors (Lipinski definition) is 3. The average Bonchev–Trinajstić information content (AvgIpc) is 1.81. The summed E-state index contributed by atoms with van der Waals surface area (Å²) in [5, 5.41) is 10.7. The highest BCUT2D eigenvalue weighted by molar-refractivity contribution is 4.73. The van der Waals surface area contributed by atoms with Crippen LogP contribution in [0.15, 0.2) is 0 Å². The Labute approximate surface area is 74.3 Å². The summed E-state index contributed by atoms with van der Waals surface area (Å²) in [6.45, 7) is 7.63. The molecule has 1 aliphatic rings. The fraction of sp³-hybridized carbons (Fsp3) is 1.00. The lowest BCUT2D eigenvalue weighted by atomic mass is 9.99. The molecular formula is C9H19NO2. The van der Waals surface area contributed by atoms with E-state index in [0.29, 0.717) is 12.5 Å². The smallest absolute Gasteiger partial charge is 0.0731 e. The maximum atomic E-state index is 9.32. The summed E-state index contributed by atoms with van der Waals surface area (Å²) < 4.78 is 5.63. The van der Waals surface area contributed by atoms with Gasteiger partial charge in [-0.1, -0.05) is 6.92 Å². The van der Waals surface area contributed by atoms with Crippen molar-refractivity contribution in [2.24, 2.45) is 5.92 Å². The fourth-order valence-electron chi connectivity index (χ4n) is 1.75. The van der Waals surface area contributed by atoms with Gasteiger partial charge in [0.15, 0.2) is 0 Å². The first kappa shape index (κ1) is 9.96. The molecule has 3 nitrogen and oxygen atoms in total. The highest BCUT2D eigenvalue weighted by atomic mass is 16.5. The number of nitrogens with zero attached hydrogens (tertiary/aromatic N) is 1. The van der Waals surface area contributed by atoms with Crippen molar-refractivity contribution in [3.05, 3.63) is 0 Å². The molecule has 1 fully saturated rings. The normalized spacial score (nSPS) is 32.8. The molecule has 0 unspecified atom stereocenters. The van der Waals surface area contributed by atoms with E-state index >= 15 is 0 Å². The van der Waals surface area contributed by atoms with Crippen molar-refractivity contribution in [3.63, 3.8) is 0 Å². The first-order valence-electron chi connectivity index (χ1n) is 4.67. The van der Waals surface area contributed by atoms with Gasteiger partial charge in [0.1, 0.15) is 0 Å². The van der Waals surface area contributed by atoms with Gasteiger partial charge in [0.05, 0.1) is 18.8 Å². The largest absolute Gasteiger partial charge is 0.374 e. The lowest BCUT2D eigenvalue weighted by Gasteiger charge is -2.33. The van der Waals surface area contributed by atoms with Gasteiger partial charge in [-0.05, 0) is 26.2 Å². The Morgan fingerprint density at radius 1 is 1.42 bits per heavy atom. The average molecular weight is 173 g/mol. The Morgan fingerprint density at radius 3 is 2.58 bits per heavy atom. The number of piperidine rings is 1. The molecule has 2 atom stereocenters. The zero-order valence-electron chi connectivity index (χ0n) is 8.16. The molecule has 1 heterocycles. The van der Waals surface area contributed by atoms with E-state index in [-0.39, 0.29) is 12.2 Å². The van der Waals surface area contributed by atoms with Crippen molar-refractivity contribution < 1.29 is 9.94 Å². The monoisotopic (exact) mass is 173 g/mol. The van der Waals surface area contributed by atoms with Crippen molar-refractivity contribution >= 4 is 0 Å². The molecule has 0 spiro atoms. The molecule has 0 bridgehead atoms. The Bertz CT molecular complexity index is 126. The highest BCUT2D eigenvalue weighted by Crippen LogP contribution is 2.18. The lowest BCUT2D eigenvalue weighted by molar-refractivity contribution is -0.163. The molecule has 0 aromatic heterocycles. The van der Waals surface area contributed by atoms with Crippen LogP contribution in [0.3, 0.4) is 0 Å². The van der Waals surface area contributed by atoms with Crippen LogP contribution in [0.5, 0.6) is 0 Å². The van der Waals surface area contributed by atoms with Crippen LogP contribution >= 0.6 is 0 Å². The molecule has 0 aromatic rings. The molecule has 0 radical (unpaired) electrons. The van der Waals surface area contributed by atoms with Gasteiger partial charge < -0.3 is 9.94 Å². The van der Waals surface area contributed by atoms with E-state index < -0.39 is 0 Å². The third-order valence-electron chi connectivity index (χ3n) is 2.07. The Kier molecular flexibility index (Phi) is 3.50. The third kappa shape index (κ3) is 3.09. The summed E-state index contributed by atoms with van der Waals surface area (Å²) in [5.74, 6) is 0.535. The summed E-state index contributed by atoms with van der Waals surface area (Å²) in [7, 11) is 0. The van der Waals surface area contributed by atoms with Crippen LogP contribution in [0.25, 0.3) is 0 Å². The first-order valence-corrected chi connectivity index (χ1v) is 4.67. The van der Waals surface area contributed by atoms with E-state index in [9.17, 15) is 5.21 Å². The first-order chi connectivity index (χ1) is 5.58. The van der Waals surface area contributed by atoms with Gasteiger partial charge in [0.2, 0.25) is 0 Å². The highest BCUT2D eigenvalue weighted by Gasteiger charge is 2.24. The Morgan fingerprint density at radius 2 is 2.08 bits per heavy atom. The second-order valence-electron chi connectivity index (χ2n) is 4.02. The molecule has 1 N–H and O–H groups in total. The minimum Gasteiger partial charge on any atom is -0.374 e. The fourth-order valence-corrected chi connectivity index (χ4v) is 1.75. The summed E-state index contributed by atoms with van der Waals surface area (Å²) in [6, 6.07) is 0. The SMILES string of the molecule is CC(C)O[C@H]1C[C@@H](C)CN(O)C1. The second-order valence-corrected chi connectivity index (χ2v) is 4.02. The predicted molar refractivity (Wildman–Crippen MR) is 47.1 cm³/mol. The van der Waals surface area contributed by atoms with Crippen LogP contribution in [-0.2, 0) is 4.74 Å². The quantitative estimate of drug-likeness (QED) is 0.687. The van der Waals surface area contributed by atoms with E-state index in [0.717, 1.165) is 13.0 Å². The summed E-state index contributed by atoms with van der Waals surface area (Å²) >= 11 is 0. The minimum absolute atomic E-state index is 0.207. The molecule has 1 aliphatic heterocycles. The topological polar surface area (TPSA) is 32.7 Å². The van der Waals surface area contributed by atoms with Crippen molar-refractivity contribution in [2.75, 3.05) is 13.1 Å². The molecule has 1 rings (SSSR count). The van der Waals surface area contributed by atoms with Crippen molar-refractivity contribution in [1.82, 2.24) is 5.06 Å². The van der Waals surface area contributed by atoms with Gasteiger partial charge in [-0.25, -0.2) is 0 Å². The van der Waals surface area contributed by atoms with Gasteiger partial charge in [-0.2, -0.15) is 5.06 Å². The lowest BCUT2D eigenvalue weighted by Crippen LogP contribution is -2.42. The van der Waals surface area contributed by atoms with Crippen LogP contribution in [0.4, 0.5) is 0 Å². The van der Waals surface area contributed by atoms with Gasteiger partial charge in [0, 0.05) is 6.54 Å². The minimum atomic E-state index is 0.207. The molecule has 0 amide bonds. The van der Waals surface area contributed by atoms with Gasteiger partial charge >= 0.3 is 0 Å². The molecule has 0 aromatic carbocycles. The van der Waals surface area contributed by atoms with Crippen molar-refractivity contribution in [1.29, 1.82) is 0 Å². The predicted octanol–water partition coefficient (Wildman–Crippen LogP) is 1.51. The van der Waals surface area contributed by atoms with E-state index in [1.807, 2.05) is 13.8 Å². The van der Waals surface area contributed by atoms with Gasteiger partial charge in [0.25, 0.3) is 0 Å². The van der Waals surface area contributed by atoms with E-state index in [1.165, 1.54) is 5.06 Å². The van der Waals surface area contributed by atoms with E-state index in [4.69, 9.17) is 4.74 Å². The maximum absolute atomic E-state index is 9.32. The second kappa shape index (κ2) is 4.21. The van der Waals surface area contributed by atoms with Crippen LogP contribution in [0.1, 0.15) is 27.2 Å². The summed E-state index contributed by atoms with van der Waals surface area (Å²) in [4.78, 5) is 0. The number of hydrogen-bond donors (Lipinski definition) is 1. The number of rotatable bonds is 2. The molecule has 0 saturated carbocycles. The van der Waals surface area contributed by atoms with Gasteiger partial charge in [-0.3, -0.25) is 0 Å². The molecule has 72 valence electrons. The van der Waals surface area contributed by atoms with Crippen LogP contribution in [0.2, 0.25) is 0 Å². The zero-order chi connectivity index (χ0) is 9.14. The molecule has 0 aliphatic carbocycles. The number of ether oxygens (including phenoxy) is 1. The van der Waals surface area contributed by atoms with Crippen LogP contribution < -0.4 is 0 Å². The number of hydroxylamine groups is 2. The van der Waals surface area contributed by atoms with Crippen LogP contribution in [0, 0.1) is 5.92 Å². The summed E-state index contributed by atoms with van der Waals surface area (Å²) in [6.07, 6.45) is 1.53. The van der Waals surface area contributed by atoms with Gasteiger partial charge in [-0.15, -0.1) is 0 Å². The molecule has 1 saturated heterocycles. The maximum Gasteiger partial charge on any atom is 0.0731 e. The van der Waals surface area contributed by atoms with E-state index in [2.05, 4.69) is 6.92 Å². The zero-order valence-corrected chi connectivity index (χ0v) is 8.16. The Hall–Kier alpha value is -0.120. The van der Waals surface area contributed by atoms with E-state index in [1.54, 1.807) is 0 Å². The standard InChI is InChI=1S/C9H19NO2/c1-7(2)12-9-4-8(3)5-10(11)6-9/h7-9,11H,4-6H2,1-3H3/t8-,9+/m1/s1. The van der Waals surface area contributed by atoms with Crippen LogP contribution in [-0.4, -0.2) is 35.6 Å².